The molecule has 0 spiro atoms. The molecule has 1 unspecified atom stereocenters. The van der Waals surface area contributed by atoms with Crippen LogP contribution in [0.2, 0.25) is 0 Å². The van der Waals surface area contributed by atoms with Gasteiger partial charge in [0.2, 0.25) is 0 Å². The molecule has 1 saturated heterocycles. The predicted molar refractivity (Wildman–Crippen MR) is 81.6 cm³/mol. The number of hydrogen-bond donors (Lipinski definition) is 0. The van der Waals surface area contributed by atoms with E-state index in [2.05, 4.69) is 54.5 Å². The molecule has 0 aliphatic carbocycles. The Hall–Kier alpha value is 0.890. The van der Waals surface area contributed by atoms with Crippen molar-refractivity contribution in [3.05, 3.63) is 11.4 Å². The van der Waals surface area contributed by atoms with Gasteiger partial charge in [0.1, 0.15) is 0 Å². The number of rotatable bonds is 1. The van der Waals surface area contributed by atoms with Crippen LogP contribution in [0.3, 0.4) is 0 Å². The molecule has 0 aromatic heterocycles. The van der Waals surface area contributed by atoms with Crippen LogP contribution in [0.25, 0.3) is 0 Å². The monoisotopic (exact) mass is 278 g/mol. The van der Waals surface area contributed by atoms with Crippen molar-refractivity contribution in [2.45, 2.75) is 64.4 Å². The van der Waals surface area contributed by atoms with Gasteiger partial charge in [-0.2, -0.15) is 0 Å². The van der Waals surface area contributed by atoms with E-state index >= 15 is 0 Å². The van der Waals surface area contributed by atoms with E-state index in [-0.39, 0.29) is 7.61 Å². The van der Waals surface area contributed by atoms with Crippen molar-refractivity contribution < 1.29 is 0 Å². The first-order valence-corrected chi connectivity index (χ1v) is 11.6. The zero-order chi connectivity index (χ0) is 12.6. The third-order valence-corrected chi connectivity index (χ3v) is 23.0. The maximum absolute atomic E-state index is 7.31. The summed E-state index contributed by atoms with van der Waals surface area (Å²) in [6, 6.07) is 0. The first-order valence-electron chi connectivity index (χ1n) is 6.17. The van der Waals surface area contributed by atoms with Gasteiger partial charge in [0.15, 0.2) is 0 Å². The number of fused-ring (bicyclic) bond motifs is 1. The summed E-state index contributed by atoms with van der Waals surface area (Å²) < 4.78 is 0. The molecule has 1 atom stereocenters. The molecule has 16 heavy (non-hydrogen) atoms. The van der Waals surface area contributed by atoms with Crippen molar-refractivity contribution in [1.29, 1.82) is 0 Å². The van der Waals surface area contributed by atoms with Gasteiger partial charge in [-0.1, -0.05) is 0 Å². The third-order valence-electron chi connectivity index (χ3n) is 3.93. The van der Waals surface area contributed by atoms with E-state index in [0.29, 0.717) is 16.0 Å². The first kappa shape index (κ1) is 13.3. The number of hydrogen-bond acceptors (Lipinski definition) is 0. The van der Waals surface area contributed by atoms with Gasteiger partial charge in [-0.15, -0.1) is 0 Å². The van der Waals surface area contributed by atoms with Crippen molar-refractivity contribution in [1.82, 2.24) is 0 Å². The summed E-state index contributed by atoms with van der Waals surface area (Å²) in [5.41, 5.74) is -1.23. The summed E-state index contributed by atoms with van der Waals surface area (Å²) in [6.07, 6.45) is 3.71. The van der Waals surface area contributed by atoms with Crippen LogP contribution in [-0.4, -0.2) is 22.1 Å². The molecule has 0 nitrogen and oxygen atoms in total. The van der Waals surface area contributed by atoms with Crippen molar-refractivity contribution >= 4 is 24.5 Å². The molecular weight excluding hydrogens is 254 g/mol. The Morgan fingerprint density at radius 2 is 1.62 bits per heavy atom. The van der Waals surface area contributed by atoms with Gasteiger partial charge in [-0.25, -0.2) is 0 Å². The second-order valence-electron chi connectivity index (χ2n) is 7.41. The van der Waals surface area contributed by atoms with Gasteiger partial charge in [0, 0.05) is 0 Å². The molecule has 94 valence electrons. The normalized spacial score (nSPS) is 33.2. The fourth-order valence-electron chi connectivity index (χ4n) is 3.92. The van der Waals surface area contributed by atoms with Crippen molar-refractivity contribution in [3.8, 4) is 0 Å². The Balaban J connectivity index is 2.49. The van der Waals surface area contributed by atoms with Gasteiger partial charge < -0.3 is 0 Å². The molecule has 0 aromatic carbocycles. The van der Waals surface area contributed by atoms with E-state index in [1.165, 1.54) is 6.16 Å². The molecule has 0 amide bonds. The molecule has 2 rings (SSSR count). The molecule has 3 heteroatoms. The molecular formula is C13H25ClP2. The number of allylic oxidation sites excluding steroid dienone is 2. The van der Waals surface area contributed by atoms with Crippen molar-refractivity contribution in [3.63, 3.8) is 0 Å². The summed E-state index contributed by atoms with van der Waals surface area (Å²) in [5, 5.41) is 2.41. The first-order chi connectivity index (χ1) is 6.92. The summed E-state index contributed by atoms with van der Waals surface area (Å²) in [6.45, 7) is 16.7. The third kappa shape index (κ3) is 1.43. The summed E-state index contributed by atoms with van der Waals surface area (Å²) >= 11 is 7.31. The van der Waals surface area contributed by atoms with Crippen LogP contribution in [0, 0.1) is 0 Å². The maximum atomic E-state index is 7.31. The molecule has 2 heterocycles. The molecule has 0 bridgehead atoms. The summed E-state index contributed by atoms with van der Waals surface area (Å²) in [4.78, 5) is 0. The fraction of sp³-hybridized carbons (Fsp3) is 0.846. The number of halogens is 1. The molecule has 2 aliphatic heterocycles. The van der Waals surface area contributed by atoms with Gasteiger partial charge in [-0.3, -0.25) is 0 Å². The van der Waals surface area contributed by atoms with Gasteiger partial charge in [0.05, 0.1) is 0 Å². The van der Waals surface area contributed by atoms with E-state index in [1.807, 2.05) is 0 Å². The summed E-state index contributed by atoms with van der Waals surface area (Å²) in [5.74, 6) is 0. The standard InChI is InChI=1S/C13H25ClP2/c1-10-8-11-9-16(10,11,14)15(12(2,3)4)13(5,6)7/h8,10H,9H2,1-7H3. The van der Waals surface area contributed by atoms with E-state index < -0.39 is 5.64 Å². The van der Waals surface area contributed by atoms with Crippen molar-refractivity contribution in [2.24, 2.45) is 0 Å². The minimum atomic E-state index is -1.92. The van der Waals surface area contributed by atoms with Crippen LogP contribution in [0.15, 0.2) is 11.4 Å². The topological polar surface area (TPSA) is 0 Å². The van der Waals surface area contributed by atoms with Crippen LogP contribution in [-0.2, 0) is 0 Å². The Morgan fingerprint density at radius 3 is 1.75 bits per heavy atom. The van der Waals surface area contributed by atoms with E-state index in [1.54, 1.807) is 5.31 Å². The second kappa shape index (κ2) is 3.07. The zero-order valence-corrected chi connectivity index (χ0v) is 14.2. The summed E-state index contributed by atoms with van der Waals surface area (Å²) in [7, 11) is -0.119. The van der Waals surface area contributed by atoms with Gasteiger partial charge in [0.25, 0.3) is 0 Å². The Morgan fingerprint density at radius 1 is 1.19 bits per heavy atom. The molecule has 1 fully saturated rings. The average Bonchev–Trinajstić information content (AvgIpc) is 2.44. The SMILES string of the molecule is CC1C=C2CP21(Cl)P(C(C)(C)C)C(C)(C)C. The van der Waals surface area contributed by atoms with Crippen LogP contribution >= 0.6 is 24.5 Å². The van der Waals surface area contributed by atoms with Crippen LogP contribution in [0.4, 0.5) is 0 Å². The average molecular weight is 279 g/mol. The van der Waals surface area contributed by atoms with Crippen LogP contribution < -0.4 is 0 Å². The second-order valence-corrected chi connectivity index (χ2v) is 21.8. The molecule has 0 aromatic rings. The van der Waals surface area contributed by atoms with Gasteiger partial charge in [-0.05, 0) is 0 Å². The molecule has 2 aliphatic rings. The minimum absolute atomic E-state index is 0.119. The quantitative estimate of drug-likeness (QED) is 0.517. The predicted octanol–water partition coefficient (Wildman–Crippen LogP) is 5.99. The van der Waals surface area contributed by atoms with Crippen molar-refractivity contribution in [2.75, 3.05) is 6.16 Å². The van der Waals surface area contributed by atoms with E-state index in [0.717, 1.165) is 0 Å². The molecule has 0 radical (unpaired) electrons. The van der Waals surface area contributed by atoms with E-state index in [4.69, 9.17) is 11.2 Å². The van der Waals surface area contributed by atoms with E-state index in [9.17, 15) is 0 Å². The molecule has 0 N–H and O–H groups in total. The Labute approximate surface area is 107 Å². The van der Waals surface area contributed by atoms with Crippen LogP contribution in [0.1, 0.15) is 48.5 Å². The zero-order valence-electron chi connectivity index (χ0n) is 11.6. The Kier molecular flexibility index (Phi) is 2.55. The molecule has 0 saturated carbocycles. The van der Waals surface area contributed by atoms with Crippen LogP contribution in [0.5, 0.6) is 0 Å². The fourth-order valence-corrected chi connectivity index (χ4v) is 28.5. The Bertz CT molecular complexity index is 360. The van der Waals surface area contributed by atoms with Gasteiger partial charge >= 0.3 is 106 Å².